The van der Waals surface area contributed by atoms with E-state index in [1.54, 1.807) is 0 Å². The lowest BCUT2D eigenvalue weighted by Crippen LogP contribution is -2.17. The number of rotatable bonds is 1. The maximum Gasteiger partial charge on any atom is 0.0159 e. The molecule has 0 saturated carbocycles. The molecule has 0 radical (unpaired) electrons. The summed E-state index contributed by atoms with van der Waals surface area (Å²) in [7, 11) is 0. The fourth-order valence-corrected chi connectivity index (χ4v) is 9.21. The van der Waals surface area contributed by atoms with E-state index in [1.165, 1.54) is 104 Å². The summed E-state index contributed by atoms with van der Waals surface area (Å²) in [6.07, 6.45) is 0. The Morgan fingerprint density at radius 3 is 1.69 bits per heavy atom. The van der Waals surface area contributed by atoms with Crippen molar-refractivity contribution in [2.75, 3.05) is 0 Å². The van der Waals surface area contributed by atoms with Gasteiger partial charge in [-0.25, -0.2) is 0 Å². The largest absolute Gasteiger partial charge is 0.0622 e. The smallest absolute Gasteiger partial charge is 0.0159 e. The first-order valence-electron chi connectivity index (χ1n) is 16.3. The summed E-state index contributed by atoms with van der Waals surface area (Å²) in [5, 5.41) is 10.9. The standard InChI is InChI=1S/C45H34/c1-25-21-38-42(31-14-10-9-13-29(25)31)34-23-37-35(24-36(34)44(38,2)3)43-33-20-19-32-30(26-11-7-6-8-12-26)18-17-27-15-16-28(41(33)40(27)32)22-39(43)45(37,4)5/h6-24H,1-5H3. The number of benzene rings is 8. The van der Waals surface area contributed by atoms with Crippen molar-refractivity contribution in [3.63, 3.8) is 0 Å². The third-order valence-electron chi connectivity index (χ3n) is 11.5. The van der Waals surface area contributed by atoms with Gasteiger partial charge in [0.25, 0.3) is 0 Å². The van der Waals surface area contributed by atoms with Gasteiger partial charge in [0.2, 0.25) is 0 Å². The van der Waals surface area contributed by atoms with E-state index in [-0.39, 0.29) is 10.8 Å². The van der Waals surface area contributed by atoms with Crippen LogP contribution in [-0.2, 0) is 10.8 Å². The zero-order valence-corrected chi connectivity index (χ0v) is 26.5. The molecule has 0 atom stereocenters. The van der Waals surface area contributed by atoms with Crippen LogP contribution < -0.4 is 0 Å². The second-order valence-electron chi connectivity index (χ2n) is 14.6. The summed E-state index contributed by atoms with van der Waals surface area (Å²) in [4.78, 5) is 0. The van der Waals surface area contributed by atoms with Crippen molar-refractivity contribution in [3.8, 4) is 33.4 Å². The highest BCUT2D eigenvalue weighted by molar-refractivity contribution is 6.28. The molecule has 214 valence electrons. The van der Waals surface area contributed by atoms with E-state index in [1.807, 2.05) is 0 Å². The molecule has 0 unspecified atom stereocenters. The van der Waals surface area contributed by atoms with Crippen molar-refractivity contribution in [3.05, 3.63) is 143 Å². The molecule has 0 bridgehead atoms. The Morgan fingerprint density at radius 2 is 0.956 bits per heavy atom. The van der Waals surface area contributed by atoms with Gasteiger partial charge in [-0.15, -0.1) is 0 Å². The van der Waals surface area contributed by atoms with E-state index in [2.05, 4.69) is 150 Å². The molecule has 8 aromatic carbocycles. The van der Waals surface area contributed by atoms with Gasteiger partial charge in [-0.05, 0) is 129 Å². The van der Waals surface area contributed by atoms with Crippen molar-refractivity contribution in [2.45, 2.75) is 45.4 Å². The molecule has 2 aliphatic carbocycles. The van der Waals surface area contributed by atoms with E-state index in [9.17, 15) is 0 Å². The number of hydrogen-bond donors (Lipinski definition) is 0. The van der Waals surface area contributed by atoms with Crippen molar-refractivity contribution >= 4 is 43.1 Å². The minimum atomic E-state index is -0.104. The molecule has 8 aromatic rings. The van der Waals surface area contributed by atoms with E-state index in [0.717, 1.165) is 0 Å². The number of aryl methyl sites for hydroxylation is 1. The van der Waals surface area contributed by atoms with Crippen molar-refractivity contribution < 1.29 is 0 Å². The highest BCUT2D eigenvalue weighted by atomic mass is 14.5. The molecule has 0 aromatic heterocycles. The van der Waals surface area contributed by atoms with Crippen molar-refractivity contribution in [1.29, 1.82) is 0 Å². The summed E-state index contributed by atoms with van der Waals surface area (Å²) < 4.78 is 0. The molecular weight excluding hydrogens is 540 g/mol. The van der Waals surface area contributed by atoms with E-state index in [4.69, 9.17) is 0 Å². The van der Waals surface area contributed by atoms with E-state index in [0.29, 0.717) is 0 Å². The first-order valence-corrected chi connectivity index (χ1v) is 16.3. The molecule has 10 rings (SSSR count). The molecular formula is C45H34. The van der Waals surface area contributed by atoms with Gasteiger partial charge in [0.1, 0.15) is 0 Å². The van der Waals surface area contributed by atoms with Crippen LogP contribution >= 0.6 is 0 Å². The number of fused-ring (bicyclic) bond motifs is 9. The van der Waals surface area contributed by atoms with Crippen LogP contribution in [0.15, 0.2) is 115 Å². The van der Waals surface area contributed by atoms with Crippen LogP contribution in [0.3, 0.4) is 0 Å². The molecule has 0 N–H and O–H groups in total. The highest BCUT2D eigenvalue weighted by Gasteiger charge is 2.43. The zero-order chi connectivity index (χ0) is 30.4. The highest BCUT2D eigenvalue weighted by Crippen LogP contribution is 2.59. The second-order valence-corrected chi connectivity index (χ2v) is 14.6. The Hall–Kier alpha value is -4.94. The van der Waals surface area contributed by atoms with Gasteiger partial charge in [0.15, 0.2) is 0 Å². The van der Waals surface area contributed by atoms with Crippen LogP contribution in [0.5, 0.6) is 0 Å². The maximum absolute atomic E-state index is 2.58. The third-order valence-corrected chi connectivity index (χ3v) is 11.5. The molecule has 0 saturated heterocycles. The molecule has 0 heteroatoms. The van der Waals surface area contributed by atoms with E-state index < -0.39 is 0 Å². The van der Waals surface area contributed by atoms with Gasteiger partial charge >= 0.3 is 0 Å². The average molecular weight is 575 g/mol. The second kappa shape index (κ2) is 8.20. The molecule has 0 amide bonds. The molecule has 45 heavy (non-hydrogen) atoms. The third kappa shape index (κ3) is 3.03. The predicted molar refractivity (Wildman–Crippen MR) is 193 cm³/mol. The SMILES string of the molecule is Cc1cc2c(c3ccccc13)-c1cc3c(cc1C2(C)C)-c1c(cc2ccc4ccc(-c5ccccc5)c5ccc1c2c45)C3(C)C. The monoisotopic (exact) mass is 574 g/mol. The van der Waals surface area contributed by atoms with Gasteiger partial charge < -0.3 is 0 Å². The quantitative estimate of drug-likeness (QED) is 0.171. The Bertz CT molecular complexity index is 2580. The Labute approximate surface area is 264 Å². The molecule has 2 aliphatic rings. The molecule has 0 nitrogen and oxygen atoms in total. The molecule has 0 heterocycles. The summed E-state index contributed by atoms with van der Waals surface area (Å²) in [6, 6.07) is 44.0. The van der Waals surface area contributed by atoms with Gasteiger partial charge in [0, 0.05) is 10.8 Å². The first-order chi connectivity index (χ1) is 21.7. The van der Waals surface area contributed by atoms with Gasteiger partial charge in [0.05, 0.1) is 0 Å². The lowest BCUT2D eigenvalue weighted by Gasteiger charge is -2.24. The van der Waals surface area contributed by atoms with Gasteiger partial charge in [-0.3, -0.25) is 0 Å². The van der Waals surface area contributed by atoms with Crippen molar-refractivity contribution in [2.24, 2.45) is 0 Å². The maximum atomic E-state index is 2.58. The van der Waals surface area contributed by atoms with Gasteiger partial charge in [-0.1, -0.05) is 125 Å². The predicted octanol–water partition coefficient (Wildman–Crippen LogP) is 12.3. The topological polar surface area (TPSA) is 0 Å². The van der Waals surface area contributed by atoms with Crippen molar-refractivity contribution in [1.82, 2.24) is 0 Å². The zero-order valence-electron chi connectivity index (χ0n) is 26.5. The van der Waals surface area contributed by atoms with E-state index >= 15 is 0 Å². The Kier molecular flexibility index (Phi) is 4.63. The summed E-state index contributed by atoms with van der Waals surface area (Å²) >= 11 is 0. The Balaban J connectivity index is 1.30. The fourth-order valence-electron chi connectivity index (χ4n) is 9.21. The normalized spacial score (nSPS) is 15.6. The van der Waals surface area contributed by atoms with Crippen LogP contribution in [0, 0.1) is 6.92 Å². The summed E-state index contributed by atoms with van der Waals surface area (Å²) in [5.41, 5.74) is 15.3. The van der Waals surface area contributed by atoms with Crippen LogP contribution in [0.4, 0.5) is 0 Å². The minimum Gasteiger partial charge on any atom is -0.0622 e. The van der Waals surface area contributed by atoms with Crippen LogP contribution in [0.1, 0.15) is 55.5 Å². The minimum absolute atomic E-state index is 0.0737. The Morgan fingerprint density at radius 1 is 0.400 bits per heavy atom. The summed E-state index contributed by atoms with van der Waals surface area (Å²) in [5.74, 6) is 0. The van der Waals surface area contributed by atoms with Crippen LogP contribution in [-0.4, -0.2) is 0 Å². The lowest BCUT2D eigenvalue weighted by atomic mass is 9.79. The molecule has 0 fully saturated rings. The van der Waals surface area contributed by atoms with Crippen LogP contribution in [0.25, 0.3) is 76.5 Å². The van der Waals surface area contributed by atoms with Crippen LogP contribution in [0.2, 0.25) is 0 Å². The summed E-state index contributed by atoms with van der Waals surface area (Å²) in [6.45, 7) is 12.0. The number of hydrogen-bond acceptors (Lipinski definition) is 0. The van der Waals surface area contributed by atoms with Gasteiger partial charge in [-0.2, -0.15) is 0 Å². The average Bonchev–Trinajstić information content (AvgIpc) is 3.41. The fraction of sp³-hybridized carbons (Fsp3) is 0.156. The molecule has 0 aliphatic heterocycles. The molecule has 0 spiro atoms. The first kappa shape index (κ1) is 25.4. The lowest BCUT2D eigenvalue weighted by molar-refractivity contribution is 0.652.